The fraction of sp³-hybridized carbons (Fsp3) is 0.200. The van der Waals surface area contributed by atoms with Crippen LogP contribution in [0, 0.1) is 20.8 Å². The van der Waals surface area contributed by atoms with E-state index in [1.807, 2.05) is 32.9 Å². The summed E-state index contributed by atoms with van der Waals surface area (Å²) in [5, 5.41) is 0.389. The van der Waals surface area contributed by atoms with Gasteiger partial charge in [0.2, 0.25) is 0 Å². The van der Waals surface area contributed by atoms with Gasteiger partial charge in [-0.1, -0.05) is 17.7 Å². The van der Waals surface area contributed by atoms with Crippen molar-refractivity contribution in [3.8, 4) is 0 Å². The number of hydrogen-bond donors (Lipinski definition) is 0. The number of carbonyl (C=O) groups excluding carboxylic acids is 1. The number of aryl methyl sites for hydroxylation is 3. The van der Waals surface area contributed by atoms with Gasteiger partial charge in [0.1, 0.15) is 0 Å². The number of carbonyl (C=O) groups is 1. The summed E-state index contributed by atoms with van der Waals surface area (Å²) in [5.74, 6) is -0.0528. The Morgan fingerprint density at radius 2 is 1.72 bits per heavy atom. The van der Waals surface area contributed by atoms with Gasteiger partial charge in [0, 0.05) is 23.5 Å². The van der Waals surface area contributed by atoms with Crippen molar-refractivity contribution in [2.24, 2.45) is 0 Å². The molecule has 0 saturated heterocycles. The van der Waals surface area contributed by atoms with Crippen LogP contribution in [0.2, 0.25) is 5.02 Å². The van der Waals surface area contributed by atoms with Gasteiger partial charge >= 0.3 is 0 Å². The van der Waals surface area contributed by atoms with Crippen molar-refractivity contribution < 1.29 is 4.79 Å². The van der Waals surface area contributed by atoms with Crippen molar-refractivity contribution in [3.63, 3.8) is 0 Å². The Kier molecular flexibility index (Phi) is 3.48. The molecule has 2 rings (SSSR count). The topological polar surface area (TPSA) is 30.0 Å². The van der Waals surface area contributed by atoms with E-state index in [4.69, 9.17) is 11.6 Å². The molecule has 1 heterocycles. The molecule has 0 saturated carbocycles. The van der Waals surface area contributed by atoms with Crippen LogP contribution >= 0.6 is 11.6 Å². The van der Waals surface area contributed by atoms with Crippen LogP contribution in [0.5, 0.6) is 0 Å². The number of pyridine rings is 1. The molecular weight excluding hydrogens is 246 g/mol. The molecule has 0 radical (unpaired) electrons. The van der Waals surface area contributed by atoms with Crippen molar-refractivity contribution in [2.45, 2.75) is 20.8 Å². The first-order chi connectivity index (χ1) is 8.50. The molecule has 0 bridgehead atoms. The summed E-state index contributed by atoms with van der Waals surface area (Å²) in [6.07, 6.45) is 3.07. The molecule has 0 N–H and O–H groups in total. The average Bonchev–Trinajstić information content (AvgIpc) is 2.33. The lowest BCUT2D eigenvalue weighted by molar-refractivity contribution is 0.103. The first-order valence-corrected chi connectivity index (χ1v) is 6.10. The van der Waals surface area contributed by atoms with Crippen molar-refractivity contribution >= 4 is 17.4 Å². The van der Waals surface area contributed by atoms with Crippen LogP contribution in [0.3, 0.4) is 0 Å². The van der Waals surface area contributed by atoms with Crippen LogP contribution < -0.4 is 0 Å². The van der Waals surface area contributed by atoms with E-state index >= 15 is 0 Å². The first kappa shape index (κ1) is 12.8. The maximum Gasteiger partial charge on any atom is 0.194 e. The van der Waals surface area contributed by atoms with E-state index in [9.17, 15) is 4.79 Å². The Morgan fingerprint density at radius 3 is 2.39 bits per heavy atom. The highest BCUT2D eigenvalue weighted by atomic mass is 35.5. The van der Waals surface area contributed by atoms with E-state index in [-0.39, 0.29) is 5.78 Å². The molecule has 0 fully saturated rings. The van der Waals surface area contributed by atoms with Gasteiger partial charge in [-0.05, 0) is 49.6 Å². The van der Waals surface area contributed by atoms with Gasteiger partial charge in [-0.15, -0.1) is 0 Å². The Balaban J connectivity index is 2.53. The number of rotatable bonds is 2. The van der Waals surface area contributed by atoms with Crippen LogP contribution in [0.1, 0.15) is 32.6 Å². The predicted octanol–water partition coefficient (Wildman–Crippen LogP) is 3.89. The molecule has 0 unspecified atom stereocenters. The number of halogens is 1. The minimum absolute atomic E-state index is 0.0528. The Labute approximate surface area is 112 Å². The van der Waals surface area contributed by atoms with E-state index in [1.165, 1.54) is 11.8 Å². The van der Waals surface area contributed by atoms with Gasteiger partial charge in [-0.25, -0.2) is 0 Å². The van der Waals surface area contributed by atoms with Crippen LogP contribution in [-0.4, -0.2) is 10.8 Å². The zero-order valence-electron chi connectivity index (χ0n) is 10.6. The smallest absolute Gasteiger partial charge is 0.194 e. The molecule has 0 aliphatic carbocycles. The molecule has 0 spiro atoms. The zero-order valence-corrected chi connectivity index (χ0v) is 11.4. The summed E-state index contributed by atoms with van der Waals surface area (Å²) >= 11 is 6.01. The van der Waals surface area contributed by atoms with Crippen LogP contribution in [0.25, 0.3) is 0 Å². The molecule has 92 valence electrons. The Bertz CT molecular complexity index is 620. The number of ketones is 1. The summed E-state index contributed by atoms with van der Waals surface area (Å²) in [6.45, 7) is 5.98. The second-order valence-corrected chi connectivity index (χ2v) is 4.84. The van der Waals surface area contributed by atoms with Crippen LogP contribution in [0.4, 0.5) is 0 Å². The quantitative estimate of drug-likeness (QED) is 0.766. The molecule has 0 atom stereocenters. The lowest BCUT2D eigenvalue weighted by Gasteiger charge is -2.09. The minimum atomic E-state index is -0.0528. The molecule has 0 amide bonds. The minimum Gasteiger partial charge on any atom is -0.289 e. The Hall–Kier alpha value is -1.67. The zero-order chi connectivity index (χ0) is 13.3. The number of hydrogen-bond acceptors (Lipinski definition) is 2. The SMILES string of the molecule is Cc1cc(C)c(C(=O)c2ccncc2Cl)cc1C. The van der Waals surface area contributed by atoms with Crippen molar-refractivity contribution in [1.29, 1.82) is 0 Å². The van der Waals surface area contributed by atoms with Gasteiger partial charge in [0.25, 0.3) is 0 Å². The van der Waals surface area contributed by atoms with Crippen LogP contribution in [-0.2, 0) is 0 Å². The molecular formula is C15H14ClNO. The maximum absolute atomic E-state index is 12.4. The Morgan fingerprint density at radius 1 is 1.06 bits per heavy atom. The van der Waals surface area contributed by atoms with E-state index in [1.54, 1.807) is 12.3 Å². The average molecular weight is 260 g/mol. The fourth-order valence-electron chi connectivity index (χ4n) is 1.91. The molecule has 2 aromatic rings. The van der Waals surface area contributed by atoms with Crippen molar-refractivity contribution in [3.05, 3.63) is 63.4 Å². The summed E-state index contributed by atoms with van der Waals surface area (Å²) in [4.78, 5) is 16.3. The molecule has 1 aromatic carbocycles. The molecule has 0 aliphatic heterocycles. The van der Waals surface area contributed by atoms with Crippen molar-refractivity contribution in [1.82, 2.24) is 4.98 Å². The molecule has 2 nitrogen and oxygen atoms in total. The van der Waals surface area contributed by atoms with Crippen LogP contribution in [0.15, 0.2) is 30.6 Å². The monoisotopic (exact) mass is 259 g/mol. The highest BCUT2D eigenvalue weighted by Crippen LogP contribution is 2.22. The third-order valence-corrected chi connectivity index (χ3v) is 3.40. The largest absolute Gasteiger partial charge is 0.289 e. The lowest BCUT2D eigenvalue weighted by atomic mass is 9.95. The van der Waals surface area contributed by atoms with E-state index < -0.39 is 0 Å². The summed E-state index contributed by atoms with van der Waals surface area (Å²) in [7, 11) is 0. The summed E-state index contributed by atoms with van der Waals surface area (Å²) in [6, 6.07) is 5.60. The van der Waals surface area contributed by atoms with E-state index in [2.05, 4.69) is 4.98 Å². The number of benzene rings is 1. The highest BCUT2D eigenvalue weighted by molar-refractivity contribution is 6.34. The maximum atomic E-state index is 12.4. The molecule has 1 aromatic heterocycles. The van der Waals surface area contributed by atoms with Gasteiger partial charge in [0.15, 0.2) is 5.78 Å². The van der Waals surface area contributed by atoms with Gasteiger partial charge in [-0.3, -0.25) is 9.78 Å². The second kappa shape index (κ2) is 4.91. The standard InChI is InChI=1S/C15H14ClNO/c1-9-6-11(3)13(7-10(9)2)15(18)12-4-5-17-8-14(12)16/h4-8H,1-3H3. The predicted molar refractivity (Wildman–Crippen MR) is 73.3 cm³/mol. The van der Waals surface area contributed by atoms with Gasteiger partial charge in [-0.2, -0.15) is 0 Å². The normalized spacial score (nSPS) is 10.4. The molecule has 18 heavy (non-hydrogen) atoms. The summed E-state index contributed by atoms with van der Waals surface area (Å²) in [5.41, 5.74) is 4.46. The van der Waals surface area contributed by atoms with Crippen molar-refractivity contribution in [2.75, 3.05) is 0 Å². The van der Waals surface area contributed by atoms with E-state index in [0.29, 0.717) is 16.1 Å². The summed E-state index contributed by atoms with van der Waals surface area (Å²) < 4.78 is 0. The fourth-order valence-corrected chi connectivity index (χ4v) is 2.11. The first-order valence-electron chi connectivity index (χ1n) is 5.72. The highest BCUT2D eigenvalue weighted by Gasteiger charge is 2.15. The van der Waals surface area contributed by atoms with E-state index in [0.717, 1.165) is 11.1 Å². The molecule has 3 heteroatoms. The molecule has 0 aliphatic rings. The van der Waals surface area contributed by atoms with Gasteiger partial charge in [0.05, 0.1) is 5.02 Å². The van der Waals surface area contributed by atoms with Gasteiger partial charge < -0.3 is 0 Å². The third-order valence-electron chi connectivity index (χ3n) is 3.10. The second-order valence-electron chi connectivity index (χ2n) is 4.44. The number of aromatic nitrogens is 1. The third kappa shape index (κ3) is 2.29. The lowest BCUT2D eigenvalue weighted by Crippen LogP contribution is -2.06. The number of nitrogens with zero attached hydrogens (tertiary/aromatic N) is 1.